The van der Waals surface area contributed by atoms with Crippen molar-refractivity contribution in [1.29, 1.82) is 0 Å². The van der Waals surface area contributed by atoms with E-state index < -0.39 is 0 Å². The number of hydrogen-bond acceptors (Lipinski definition) is 1. The minimum absolute atomic E-state index is 0.415. The summed E-state index contributed by atoms with van der Waals surface area (Å²) in [7, 11) is 0. The van der Waals surface area contributed by atoms with Crippen LogP contribution in [0.25, 0.3) is 0 Å². The topological polar surface area (TPSA) is 17.1 Å². The Morgan fingerprint density at radius 3 is 2.83 bits per heavy atom. The summed E-state index contributed by atoms with van der Waals surface area (Å²) in [6.45, 7) is 0. The zero-order valence-corrected chi connectivity index (χ0v) is 9.42. The van der Waals surface area contributed by atoms with Gasteiger partial charge in [-0.2, -0.15) is 0 Å². The Hall–Kier alpha value is 0.400. The molecule has 2 saturated carbocycles. The molecular weight excluding hydrogens is 263 g/mol. The molecule has 68 valence electrons. The number of carbonyl (C=O) groups excluding carboxylic acids is 1. The number of fused-ring (bicyclic) bond motifs is 3. The van der Waals surface area contributed by atoms with Gasteiger partial charge in [-0.15, -0.1) is 0 Å². The molecule has 3 atom stereocenters. The molecule has 0 radical (unpaired) electrons. The van der Waals surface area contributed by atoms with Gasteiger partial charge < -0.3 is 0 Å². The highest BCUT2D eigenvalue weighted by Gasteiger charge is 2.34. The third-order valence-electron chi connectivity index (χ3n) is 3.32. The molecule has 0 heterocycles. The Kier molecular flexibility index (Phi) is 2.72. The molecule has 2 bridgehead atoms. The molecule has 2 heteroatoms. The molecule has 0 aromatic heterocycles. The standard InChI is InChI=1S/C10H15IO/c11-9-5-4-7-2-1-3-8(9)10(12)6-7/h7-9H,1-6H2. The van der Waals surface area contributed by atoms with E-state index in [0.29, 0.717) is 15.6 Å². The number of carbonyl (C=O) groups is 1. The Morgan fingerprint density at radius 1 is 1.17 bits per heavy atom. The Balaban J connectivity index is 2.18. The minimum atomic E-state index is 0.415. The van der Waals surface area contributed by atoms with Crippen molar-refractivity contribution in [2.75, 3.05) is 0 Å². The van der Waals surface area contributed by atoms with Crippen molar-refractivity contribution < 1.29 is 4.79 Å². The maximum Gasteiger partial charge on any atom is 0.137 e. The molecule has 0 amide bonds. The van der Waals surface area contributed by atoms with Crippen LogP contribution in [0.15, 0.2) is 0 Å². The van der Waals surface area contributed by atoms with Crippen LogP contribution < -0.4 is 0 Å². The van der Waals surface area contributed by atoms with E-state index in [1.807, 2.05) is 0 Å². The van der Waals surface area contributed by atoms with Gasteiger partial charge in [0.1, 0.15) is 5.78 Å². The summed E-state index contributed by atoms with van der Waals surface area (Å²) in [5.41, 5.74) is 0. The Bertz CT molecular complexity index is 188. The first-order valence-electron chi connectivity index (χ1n) is 4.94. The van der Waals surface area contributed by atoms with Crippen LogP contribution in [0.1, 0.15) is 38.5 Å². The first-order chi connectivity index (χ1) is 5.77. The van der Waals surface area contributed by atoms with Gasteiger partial charge in [0.25, 0.3) is 0 Å². The van der Waals surface area contributed by atoms with Crippen molar-refractivity contribution in [1.82, 2.24) is 0 Å². The lowest BCUT2D eigenvalue weighted by molar-refractivity contribution is -0.122. The molecule has 0 aromatic carbocycles. The molecule has 2 rings (SSSR count). The second-order valence-electron chi connectivity index (χ2n) is 4.17. The molecule has 2 fully saturated rings. The summed E-state index contributed by atoms with van der Waals surface area (Å²) < 4.78 is 0.639. The molecule has 1 nitrogen and oxygen atoms in total. The van der Waals surface area contributed by atoms with Gasteiger partial charge in [-0.05, 0) is 31.6 Å². The molecule has 3 unspecified atom stereocenters. The van der Waals surface area contributed by atoms with E-state index in [1.165, 1.54) is 32.1 Å². The molecule has 0 saturated heterocycles. The summed E-state index contributed by atoms with van der Waals surface area (Å²) in [5, 5.41) is 0. The molecule has 0 aliphatic heterocycles. The van der Waals surface area contributed by atoms with Crippen LogP contribution >= 0.6 is 22.6 Å². The first-order valence-corrected chi connectivity index (χ1v) is 6.18. The lowest BCUT2D eigenvalue weighted by Crippen LogP contribution is -2.20. The van der Waals surface area contributed by atoms with Crippen molar-refractivity contribution in [3.8, 4) is 0 Å². The van der Waals surface area contributed by atoms with Crippen LogP contribution in [0.2, 0.25) is 0 Å². The van der Waals surface area contributed by atoms with E-state index in [0.717, 1.165) is 12.3 Å². The van der Waals surface area contributed by atoms with Crippen LogP contribution in [0.4, 0.5) is 0 Å². The van der Waals surface area contributed by atoms with E-state index in [1.54, 1.807) is 0 Å². The molecule has 0 aromatic rings. The van der Waals surface area contributed by atoms with E-state index in [-0.39, 0.29) is 0 Å². The van der Waals surface area contributed by atoms with E-state index in [9.17, 15) is 4.79 Å². The zero-order valence-electron chi connectivity index (χ0n) is 7.26. The lowest BCUT2D eigenvalue weighted by atomic mass is 9.92. The van der Waals surface area contributed by atoms with Crippen LogP contribution in [0.5, 0.6) is 0 Å². The highest BCUT2D eigenvalue weighted by Crippen LogP contribution is 2.38. The van der Waals surface area contributed by atoms with Crippen LogP contribution in [0, 0.1) is 11.8 Å². The summed E-state index contributed by atoms with van der Waals surface area (Å²) in [5.74, 6) is 1.72. The fourth-order valence-corrected chi connectivity index (χ4v) is 3.67. The van der Waals surface area contributed by atoms with Gasteiger partial charge in [-0.1, -0.05) is 29.0 Å². The number of Topliss-reactive ketones (excluding diaryl/α,β-unsaturated/α-hetero) is 1. The third kappa shape index (κ3) is 1.68. The van der Waals surface area contributed by atoms with Crippen molar-refractivity contribution in [2.24, 2.45) is 11.8 Å². The predicted molar refractivity (Wildman–Crippen MR) is 57.5 cm³/mol. The Morgan fingerprint density at radius 2 is 2.00 bits per heavy atom. The predicted octanol–water partition coefficient (Wildman–Crippen LogP) is 2.96. The maximum atomic E-state index is 11.7. The molecule has 0 spiro atoms. The summed E-state index contributed by atoms with van der Waals surface area (Å²) >= 11 is 2.48. The Labute approximate surface area is 87.4 Å². The molecule has 12 heavy (non-hydrogen) atoms. The molecule has 2 aliphatic carbocycles. The quantitative estimate of drug-likeness (QED) is 0.492. The third-order valence-corrected chi connectivity index (χ3v) is 4.81. The van der Waals surface area contributed by atoms with E-state index in [2.05, 4.69) is 22.6 Å². The summed E-state index contributed by atoms with van der Waals surface area (Å²) in [6.07, 6.45) is 7.25. The molecule has 2 aliphatic rings. The number of rotatable bonds is 0. The summed E-state index contributed by atoms with van der Waals surface area (Å²) in [4.78, 5) is 11.7. The smallest absolute Gasteiger partial charge is 0.137 e. The number of halogens is 1. The van der Waals surface area contributed by atoms with Gasteiger partial charge in [0.2, 0.25) is 0 Å². The highest BCUT2D eigenvalue weighted by molar-refractivity contribution is 14.1. The van der Waals surface area contributed by atoms with Crippen molar-refractivity contribution in [3.05, 3.63) is 0 Å². The van der Waals surface area contributed by atoms with Gasteiger partial charge in [-0.25, -0.2) is 0 Å². The van der Waals surface area contributed by atoms with Crippen LogP contribution in [-0.2, 0) is 4.79 Å². The average molecular weight is 278 g/mol. The van der Waals surface area contributed by atoms with E-state index >= 15 is 0 Å². The zero-order chi connectivity index (χ0) is 8.55. The monoisotopic (exact) mass is 278 g/mol. The van der Waals surface area contributed by atoms with Gasteiger partial charge in [0, 0.05) is 16.3 Å². The normalized spacial score (nSPS) is 42.4. The number of alkyl halides is 1. The second-order valence-corrected chi connectivity index (χ2v) is 5.77. The van der Waals surface area contributed by atoms with Crippen molar-refractivity contribution in [3.63, 3.8) is 0 Å². The largest absolute Gasteiger partial charge is 0.299 e. The maximum absolute atomic E-state index is 11.7. The average Bonchev–Trinajstić information content (AvgIpc) is 2.26. The van der Waals surface area contributed by atoms with Gasteiger partial charge in [-0.3, -0.25) is 4.79 Å². The van der Waals surface area contributed by atoms with Gasteiger partial charge in [0.05, 0.1) is 0 Å². The fourth-order valence-electron chi connectivity index (χ4n) is 2.55. The van der Waals surface area contributed by atoms with Gasteiger partial charge in [0.15, 0.2) is 0 Å². The second kappa shape index (κ2) is 3.64. The van der Waals surface area contributed by atoms with Gasteiger partial charge >= 0.3 is 0 Å². The number of ketones is 1. The number of hydrogen-bond donors (Lipinski definition) is 0. The summed E-state index contributed by atoms with van der Waals surface area (Å²) in [6, 6.07) is 0. The highest BCUT2D eigenvalue weighted by atomic mass is 127. The fraction of sp³-hybridized carbons (Fsp3) is 0.900. The van der Waals surface area contributed by atoms with Crippen LogP contribution in [0.3, 0.4) is 0 Å². The van der Waals surface area contributed by atoms with Crippen LogP contribution in [-0.4, -0.2) is 9.71 Å². The lowest BCUT2D eigenvalue weighted by Gasteiger charge is -2.19. The molecule has 0 N–H and O–H groups in total. The van der Waals surface area contributed by atoms with Crippen molar-refractivity contribution >= 4 is 28.4 Å². The molecular formula is C10H15IO. The minimum Gasteiger partial charge on any atom is -0.299 e. The van der Waals surface area contributed by atoms with E-state index in [4.69, 9.17) is 0 Å². The first kappa shape index (κ1) is 8.97. The SMILES string of the molecule is O=C1CC2CCCC1C(I)CC2. The van der Waals surface area contributed by atoms with Crippen molar-refractivity contribution in [2.45, 2.75) is 42.4 Å².